The van der Waals surface area contributed by atoms with E-state index in [1.165, 1.54) is 97.1 Å². The number of rotatable bonds is 9. The van der Waals surface area contributed by atoms with E-state index in [9.17, 15) is 0 Å². The van der Waals surface area contributed by atoms with Gasteiger partial charge in [0.2, 0.25) is 0 Å². The SMILES string of the molecule is C[Si](C)(c1ccccc1)c1ccc2c(c1)-c1cc([Si](C)(C)c3ccccc3)cc(-c3cc([Si](C)(C)c4ccccc4)cc4c3Cc3ccc([Si](C)(C)c5ccccc5)cc3-4)c1C2. The van der Waals surface area contributed by atoms with E-state index in [0.717, 1.165) is 12.8 Å². The maximum atomic E-state index is 2.67. The Hall–Kier alpha value is -5.37. The molecule has 0 atom stereocenters. The Balaban J connectivity index is 1.22. The van der Waals surface area contributed by atoms with E-state index in [-0.39, 0.29) is 0 Å². The fourth-order valence-electron chi connectivity index (χ4n) is 10.6. The first-order valence-corrected chi connectivity index (χ1v) is 34.6. The monoisotopic (exact) mass is 866 g/mol. The zero-order chi connectivity index (χ0) is 43.0. The van der Waals surface area contributed by atoms with Crippen molar-refractivity contribution < 1.29 is 0 Å². The van der Waals surface area contributed by atoms with Crippen LogP contribution in [0.25, 0.3) is 33.4 Å². The summed E-state index contributed by atoms with van der Waals surface area (Å²) in [6.45, 7) is 20.3. The Bertz CT molecular complexity index is 2780. The highest BCUT2D eigenvalue weighted by molar-refractivity contribution is 7.02. The van der Waals surface area contributed by atoms with Crippen molar-refractivity contribution in [1.29, 1.82) is 0 Å². The first-order valence-electron chi connectivity index (χ1n) is 22.6. The zero-order valence-electron chi connectivity index (χ0n) is 37.7. The Morgan fingerprint density at radius 3 is 0.774 bits per heavy atom. The van der Waals surface area contributed by atoms with Crippen LogP contribution in [-0.2, 0) is 12.8 Å². The van der Waals surface area contributed by atoms with E-state index in [1.54, 1.807) is 0 Å². The molecule has 0 aromatic heterocycles. The minimum absolute atomic E-state index is 0.966. The first kappa shape index (κ1) is 40.7. The van der Waals surface area contributed by atoms with Crippen LogP contribution in [-0.4, -0.2) is 32.3 Å². The maximum Gasteiger partial charge on any atom is 0.112 e. The highest BCUT2D eigenvalue weighted by atomic mass is 28.3. The zero-order valence-corrected chi connectivity index (χ0v) is 41.7. The molecule has 0 N–H and O–H groups in total. The molecule has 8 aromatic rings. The Morgan fingerprint density at radius 1 is 0.242 bits per heavy atom. The summed E-state index contributed by atoms with van der Waals surface area (Å²) < 4.78 is 0. The number of hydrogen-bond donors (Lipinski definition) is 0. The van der Waals surface area contributed by atoms with E-state index in [4.69, 9.17) is 0 Å². The third kappa shape index (κ3) is 6.74. The van der Waals surface area contributed by atoms with Crippen molar-refractivity contribution in [1.82, 2.24) is 0 Å². The van der Waals surface area contributed by atoms with Crippen LogP contribution in [0.5, 0.6) is 0 Å². The van der Waals surface area contributed by atoms with E-state index in [1.807, 2.05) is 0 Å². The molecular weight excluding hydrogens is 809 g/mol. The van der Waals surface area contributed by atoms with Gasteiger partial charge in [-0.15, -0.1) is 0 Å². The second-order valence-electron chi connectivity index (χ2n) is 20.2. The van der Waals surface area contributed by atoms with Crippen LogP contribution < -0.4 is 41.5 Å². The molecule has 2 aliphatic rings. The van der Waals surface area contributed by atoms with Gasteiger partial charge >= 0.3 is 0 Å². The highest BCUT2D eigenvalue weighted by Crippen LogP contribution is 2.46. The summed E-state index contributed by atoms with van der Waals surface area (Å²) in [6.07, 6.45) is 1.93. The smallest absolute Gasteiger partial charge is 0.0626 e. The van der Waals surface area contributed by atoms with Crippen LogP contribution in [0.3, 0.4) is 0 Å². The van der Waals surface area contributed by atoms with Crippen LogP contribution in [0, 0.1) is 0 Å². The third-order valence-electron chi connectivity index (χ3n) is 15.2. The van der Waals surface area contributed by atoms with Crippen LogP contribution in [0.4, 0.5) is 0 Å². The summed E-state index contributed by atoms with van der Waals surface area (Å²) in [5.41, 5.74) is 14.6. The molecule has 10 rings (SSSR count). The summed E-state index contributed by atoms with van der Waals surface area (Å²) in [6, 6.07) is 71.0. The number of benzene rings is 8. The fraction of sp³-hybridized carbons (Fsp3) is 0.172. The lowest BCUT2D eigenvalue weighted by Gasteiger charge is -2.28. The molecular formula is C58H58Si4. The van der Waals surface area contributed by atoms with Gasteiger partial charge in [-0.2, -0.15) is 0 Å². The molecule has 0 saturated carbocycles. The van der Waals surface area contributed by atoms with E-state index < -0.39 is 32.3 Å². The third-order valence-corrected chi connectivity index (χ3v) is 29.3. The predicted molar refractivity (Wildman–Crippen MR) is 281 cm³/mol. The lowest BCUT2D eigenvalue weighted by Crippen LogP contribution is -2.53. The van der Waals surface area contributed by atoms with Crippen molar-refractivity contribution in [2.24, 2.45) is 0 Å². The van der Waals surface area contributed by atoms with Crippen molar-refractivity contribution >= 4 is 73.8 Å². The summed E-state index contributed by atoms with van der Waals surface area (Å²) in [7, 11) is -8.10. The summed E-state index contributed by atoms with van der Waals surface area (Å²) in [4.78, 5) is 0. The van der Waals surface area contributed by atoms with Crippen molar-refractivity contribution in [3.8, 4) is 33.4 Å². The van der Waals surface area contributed by atoms with Gasteiger partial charge in [0.1, 0.15) is 32.3 Å². The Morgan fingerprint density at radius 2 is 0.484 bits per heavy atom. The van der Waals surface area contributed by atoms with Crippen molar-refractivity contribution in [3.05, 3.63) is 204 Å². The number of hydrogen-bond acceptors (Lipinski definition) is 0. The van der Waals surface area contributed by atoms with Gasteiger partial charge < -0.3 is 0 Å². The molecule has 0 aliphatic heterocycles. The van der Waals surface area contributed by atoms with E-state index >= 15 is 0 Å². The largest absolute Gasteiger partial charge is 0.112 e. The van der Waals surface area contributed by atoms with Gasteiger partial charge in [0.15, 0.2) is 0 Å². The second kappa shape index (κ2) is 15.2. The average Bonchev–Trinajstić information content (AvgIpc) is 3.87. The molecule has 8 aromatic carbocycles. The molecule has 306 valence electrons. The van der Waals surface area contributed by atoms with Crippen LogP contribution in [0.1, 0.15) is 22.3 Å². The summed E-state index contributed by atoms with van der Waals surface area (Å²) in [5, 5.41) is 12.0. The summed E-state index contributed by atoms with van der Waals surface area (Å²) >= 11 is 0. The van der Waals surface area contributed by atoms with E-state index in [2.05, 4.69) is 234 Å². The molecule has 0 bridgehead atoms. The molecule has 2 aliphatic carbocycles. The molecule has 4 heteroatoms. The molecule has 0 spiro atoms. The van der Waals surface area contributed by atoms with Gasteiger partial charge in [-0.1, -0.05) is 276 Å². The minimum Gasteiger partial charge on any atom is -0.0626 e. The molecule has 62 heavy (non-hydrogen) atoms. The summed E-state index contributed by atoms with van der Waals surface area (Å²) in [5.74, 6) is 0. The molecule has 0 nitrogen and oxygen atoms in total. The van der Waals surface area contributed by atoms with Crippen molar-refractivity contribution in [2.75, 3.05) is 0 Å². The fourth-order valence-corrected chi connectivity index (χ4v) is 20.1. The van der Waals surface area contributed by atoms with Gasteiger partial charge in [-0.05, 0) is 68.5 Å². The maximum absolute atomic E-state index is 2.67. The molecule has 0 saturated heterocycles. The second-order valence-corrected chi connectivity index (χ2v) is 37.8. The quantitative estimate of drug-likeness (QED) is 0.127. The normalized spacial score (nSPS) is 13.4. The lowest BCUT2D eigenvalue weighted by atomic mass is 9.90. The van der Waals surface area contributed by atoms with Gasteiger partial charge in [0, 0.05) is 0 Å². The van der Waals surface area contributed by atoms with Gasteiger partial charge in [0.05, 0.1) is 0 Å². The van der Waals surface area contributed by atoms with Crippen LogP contribution in [0.2, 0.25) is 52.4 Å². The average molecular weight is 867 g/mol. The van der Waals surface area contributed by atoms with Crippen LogP contribution in [0.15, 0.2) is 182 Å². The highest BCUT2D eigenvalue weighted by Gasteiger charge is 2.37. The first-order chi connectivity index (χ1) is 29.7. The molecule has 0 radical (unpaired) electrons. The molecule has 0 amide bonds. The van der Waals surface area contributed by atoms with Gasteiger partial charge in [0.25, 0.3) is 0 Å². The van der Waals surface area contributed by atoms with Crippen LogP contribution >= 0.6 is 0 Å². The predicted octanol–water partition coefficient (Wildman–Crippen LogP) is 9.79. The van der Waals surface area contributed by atoms with E-state index in [0.29, 0.717) is 0 Å². The Kier molecular flexibility index (Phi) is 9.95. The number of fused-ring (bicyclic) bond motifs is 6. The lowest BCUT2D eigenvalue weighted by molar-refractivity contribution is 1.24. The minimum atomic E-state index is -2.12. The molecule has 0 heterocycles. The standard InChI is InChI=1S/C58H58Si4/c1-59(2,43-21-13-9-14-22-43)47-31-29-41-33-53-55(51(41)35-47)37-49(61(5,6)45-25-17-11-18-26-45)39-57(53)58-40-50(62(7,8)46-27-19-12-20-28-46)38-56-52-36-48(32-30-42(52)34-54(56)58)60(3,4)44-23-15-10-16-24-44/h9-32,35-40H,33-34H2,1-8H3. The molecule has 0 unspecified atom stereocenters. The van der Waals surface area contributed by atoms with Gasteiger partial charge in [-0.3, -0.25) is 0 Å². The van der Waals surface area contributed by atoms with Crippen molar-refractivity contribution in [3.63, 3.8) is 0 Å². The van der Waals surface area contributed by atoms with Crippen molar-refractivity contribution in [2.45, 2.75) is 65.2 Å². The topological polar surface area (TPSA) is 0 Å². The molecule has 0 fully saturated rings. The van der Waals surface area contributed by atoms with Gasteiger partial charge in [-0.25, -0.2) is 0 Å². The Labute approximate surface area is 374 Å².